The predicted molar refractivity (Wildman–Crippen MR) is 179 cm³/mol. The topological polar surface area (TPSA) is 30.7 Å². The zero-order valence-corrected chi connectivity index (χ0v) is 23.1. The molecule has 43 heavy (non-hydrogen) atoms. The molecule has 0 saturated heterocycles. The Labute approximate surface area is 247 Å². The van der Waals surface area contributed by atoms with Crippen LogP contribution in [0.1, 0.15) is 0 Å². The SMILES string of the molecule is c1ccc(-c2nc(-n3c4cc5ccccc5cc4c4c5cccc6c5c(cc43)-c3ccccc3-6)nc3ccccc23)cc1. The van der Waals surface area contributed by atoms with Crippen molar-refractivity contribution in [2.75, 3.05) is 0 Å². The first-order valence-corrected chi connectivity index (χ1v) is 14.7. The molecule has 7 aromatic carbocycles. The van der Waals surface area contributed by atoms with Gasteiger partial charge in [-0.25, -0.2) is 9.97 Å². The molecule has 1 aliphatic rings. The lowest BCUT2D eigenvalue weighted by Crippen LogP contribution is -2.03. The number of benzene rings is 7. The van der Waals surface area contributed by atoms with Gasteiger partial charge < -0.3 is 0 Å². The van der Waals surface area contributed by atoms with Crippen molar-refractivity contribution in [3.63, 3.8) is 0 Å². The molecule has 3 heteroatoms. The second kappa shape index (κ2) is 8.37. The van der Waals surface area contributed by atoms with Crippen molar-refractivity contribution in [1.29, 1.82) is 0 Å². The normalized spacial score (nSPS) is 12.2. The van der Waals surface area contributed by atoms with Crippen LogP contribution in [0.4, 0.5) is 0 Å². The highest BCUT2D eigenvalue weighted by molar-refractivity contribution is 6.30. The summed E-state index contributed by atoms with van der Waals surface area (Å²) in [5.74, 6) is 0.682. The summed E-state index contributed by atoms with van der Waals surface area (Å²) in [7, 11) is 0. The molecule has 3 nitrogen and oxygen atoms in total. The fourth-order valence-electron chi connectivity index (χ4n) is 7.26. The average Bonchev–Trinajstić information content (AvgIpc) is 3.57. The van der Waals surface area contributed by atoms with Crippen LogP contribution in [0, 0.1) is 0 Å². The van der Waals surface area contributed by atoms with Gasteiger partial charge in [0.1, 0.15) is 0 Å². The molecule has 0 fully saturated rings. The third-order valence-corrected chi connectivity index (χ3v) is 9.10. The van der Waals surface area contributed by atoms with Crippen LogP contribution in [0.15, 0.2) is 140 Å². The van der Waals surface area contributed by atoms with Gasteiger partial charge in [-0.3, -0.25) is 4.57 Å². The summed E-state index contributed by atoms with van der Waals surface area (Å²) in [4.78, 5) is 10.6. The van der Waals surface area contributed by atoms with E-state index < -0.39 is 0 Å². The maximum atomic E-state index is 5.34. The molecule has 0 unspecified atom stereocenters. The zero-order valence-electron chi connectivity index (χ0n) is 23.1. The Morgan fingerprint density at radius 3 is 1.95 bits per heavy atom. The fraction of sp³-hybridized carbons (Fsp3) is 0. The molecule has 0 aliphatic heterocycles. The number of aromatic nitrogens is 3. The highest BCUT2D eigenvalue weighted by Crippen LogP contribution is 2.51. The van der Waals surface area contributed by atoms with Crippen LogP contribution in [0.25, 0.3) is 93.7 Å². The number of para-hydroxylation sites is 1. The first-order valence-electron chi connectivity index (χ1n) is 14.7. The van der Waals surface area contributed by atoms with E-state index in [2.05, 4.69) is 138 Å². The van der Waals surface area contributed by atoms with Gasteiger partial charge in [0.15, 0.2) is 0 Å². The van der Waals surface area contributed by atoms with E-state index in [9.17, 15) is 0 Å². The molecule has 0 spiro atoms. The van der Waals surface area contributed by atoms with Gasteiger partial charge in [-0.2, -0.15) is 0 Å². The smallest absolute Gasteiger partial charge is 0.235 e. The van der Waals surface area contributed by atoms with Gasteiger partial charge in [0, 0.05) is 21.7 Å². The lowest BCUT2D eigenvalue weighted by atomic mass is 9.97. The molecular formula is C40H23N3. The molecule has 0 amide bonds. The molecule has 0 atom stereocenters. The molecule has 1 aliphatic carbocycles. The number of nitrogens with zero attached hydrogens (tertiary/aromatic N) is 3. The van der Waals surface area contributed by atoms with Crippen molar-refractivity contribution in [1.82, 2.24) is 14.5 Å². The van der Waals surface area contributed by atoms with Crippen LogP contribution < -0.4 is 0 Å². The van der Waals surface area contributed by atoms with Crippen molar-refractivity contribution in [3.8, 4) is 39.5 Å². The summed E-state index contributed by atoms with van der Waals surface area (Å²) in [6.45, 7) is 0. The van der Waals surface area contributed by atoms with Crippen molar-refractivity contribution in [2.24, 2.45) is 0 Å². The molecular weight excluding hydrogens is 522 g/mol. The Kier molecular flexibility index (Phi) is 4.45. The van der Waals surface area contributed by atoms with E-state index in [4.69, 9.17) is 9.97 Å². The van der Waals surface area contributed by atoms with Gasteiger partial charge in [0.05, 0.1) is 22.2 Å². The molecule has 9 aromatic rings. The van der Waals surface area contributed by atoms with E-state index in [0.717, 1.165) is 33.2 Å². The standard InChI is InChI=1S/C40H23N3/c1-2-11-24(12-3-1)39-30-17-8-9-20-34(30)41-40(42-39)43-35-22-26-14-5-4-13-25(26)21-33(35)38-31-19-10-18-29-27-15-6-7-16-28(27)32(37(29)31)23-36(38)43/h1-23H. The molecule has 0 bridgehead atoms. The fourth-order valence-corrected chi connectivity index (χ4v) is 7.26. The van der Waals surface area contributed by atoms with E-state index in [1.165, 1.54) is 54.6 Å². The Hall–Kier alpha value is -5.80. The van der Waals surface area contributed by atoms with Gasteiger partial charge in [0.2, 0.25) is 5.95 Å². The van der Waals surface area contributed by atoms with Crippen LogP contribution in [0.5, 0.6) is 0 Å². The third-order valence-electron chi connectivity index (χ3n) is 9.10. The van der Waals surface area contributed by atoms with E-state index in [0.29, 0.717) is 5.95 Å². The molecule has 198 valence electrons. The summed E-state index contributed by atoms with van der Waals surface area (Å²) < 4.78 is 2.29. The maximum Gasteiger partial charge on any atom is 0.235 e. The van der Waals surface area contributed by atoms with Crippen LogP contribution in [0.3, 0.4) is 0 Å². The molecule has 2 heterocycles. The van der Waals surface area contributed by atoms with E-state index in [1.54, 1.807) is 0 Å². The number of rotatable bonds is 2. The summed E-state index contributed by atoms with van der Waals surface area (Å²) in [5.41, 5.74) is 10.3. The Balaban J connectivity index is 1.42. The first kappa shape index (κ1) is 22.8. The minimum absolute atomic E-state index is 0.682. The summed E-state index contributed by atoms with van der Waals surface area (Å²) in [5, 5.41) is 8.53. The Morgan fingerprint density at radius 1 is 0.419 bits per heavy atom. The molecule has 0 saturated carbocycles. The van der Waals surface area contributed by atoms with Crippen molar-refractivity contribution in [3.05, 3.63) is 140 Å². The van der Waals surface area contributed by atoms with Crippen molar-refractivity contribution in [2.45, 2.75) is 0 Å². The zero-order chi connectivity index (χ0) is 28.1. The molecule has 10 rings (SSSR count). The lowest BCUT2D eigenvalue weighted by Gasteiger charge is -2.12. The van der Waals surface area contributed by atoms with E-state index in [-0.39, 0.29) is 0 Å². The predicted octanol–water partition coefficient (Wildman–Crippen LogP) is 10.3. The maximum absolute atomic E-state index is 5.34. The largest absolute Gasteiger partial charge is 0.278 e. The van der Waals surface area contributed by atoms with E-state index in [1.807, 2.05) is 6.07 Å². The minimum Gasteiger partial charge on any atom is -0.278 e. The number of hydrogen-bond acceptors (Lipinski definition) is 2. The Morgan fingerprint density at radius 2 is 1.09 bits per heavy atom. The monoisotopic (exact) mass is 545 g/mol. The van der Waals surface area contributed by atoms with E-state index >= 15 is 0 Å². The van der Waals surface area contributed by atoms with Gasteiger partial charge in [-0.1, -0.05) is 115 Å². The van der Waals surface area contributed by atoms with Crippen molar-refractivity contribution < 1.29 is 0 Å². The number of fused-ring (bicyclic) bond motifs is 9. The van der Waals surface area contributed by atoms with Gasteiger partial charge in [0.25, 0.3) is 0 Å². The summed E-state index contributed by atoms with van der Waals surface area (Å²) in [6.07, 6.45) is 0. The second-order valence-corrected chi connectivity index (χ2v) is 11.4. The van der Waals surface area contributed by atoms with Crippen molar-refractivity contribution >= 4 is 54.3 Å². The third kappa shape index (κ3) is 3.08. The first-order chi connectivity index (χ1) is 21.3. The summed E-state index contributed by atoms with van der Waals surface area (Å²) >= 11 is 0. The minimum atomic E-state index is 0.682. The van der Waals surface area contributed by atoms with Gasteiger partial charge in [-0.15, -0.1) is 0 Å². The highest BCUT2D eigenvalue weighted by atomic mass is 15.2. The van der Waals surface area contributed by atoms with Crippen LogP contribution >= 0.6 is 0 Å². The summed E-state index contributed by atoms with van der Waals surface area (Å²) in [6, 6.07) is 49.9. The van der Waals surface area contributed by atoms with Crippen LogP contribution in [0.2, 0.25) is 0 Å². The Bertz CT molecular complexity index is 2610. The number of hydrogen-bond donors (Lipinski definition) is 0. The van der Waals surface area contributed by atoms with Gasteiger partial charge >= 0.3 is 0 Å². The second-order valence-electron chi connectivity index (χ2n) is 11.4. The van der Waals surface area contributed by atoms with Gasteiger partial charge in [-0.05, 0) is 68.1 Å². The average molecular weight is 546 g/mol. The quantitative estimate of drug-likeness (QED) is 0.216. The molecule has 2 aromatic heterocycles. The highest BCUT2D eigenvalue weighted by Gasteiger charge is 2.26. The van der Waals surface area contributed by atoms with Crippen LogP contribution in [-0.4, -0.2) is 14.5 Å². The van der Waals surface area contributed by atoms with Crippen LogP contribution in [-0.2, 0) is 0 Å². The molecule has 0 N–H and O–H groups in total. The lowest BCUT2D eigenvalue weighted by molar-refractivity contribution is 1.01. The molecule has 0 radical (unpaired) electrons.